The number of carbonyl (C=O) groups excluding carboxylic acids is 2. The maximum atomic E-state index is 13.4. The fraction of sp³-hybridized carbons (Fsp3) is 0.179. The molecule has 180 valence electrons. The van der Waals surface area contributed by atoms with Crippen LogP contribution in [0.2, 0.25) is 0 Å². The van der Waals surface area contributed by atoms with Gasteiger partial charge in [-0.1, -0.05) is 18.2 Å². The standard InChI is InChI=1S/C28H24N4O3S/c1-16-12-13-17(15-21(16)31-27(34)22-10-6-14-35-22)26(33)32-28-24(18-7-2-5-11-23(18)36-28)25-29-19-8-3-4-9-20(19)30-25/h3-4,6,8-10,12-15H,2,5,7,11H2,1H3,(H,29,30)(H,31,34)(H,32,33). The van der Waals surface area contributed by atoms with E-state index in [1.165, 1.54) is 16.7 Å². The zero-order valence-electron chi connectivity index (χ0n) is 19.7. The van der Waals surface area contributed by atoms with Crippen molar-refractivity contribution in [3.63, 3.8) is 0 Å². The third-order valence-corrected chi connectivity index (χ3v) is 7.72. The highest BCUT2D eigenvalue weighted by atomic mass is 32.1. The molecule has 5 aromatic rings. The molecular formula is C28H24N4O3S. The molecule has 0 fully saturated rings. The second-order valence-corrected chi connectivity index (χ2v) is 10.0. The van der Waals surface area contributed by atoms with E-state index in [1.807, 2.05) is 37.3 Å². The Morgan fingerprint density at radius 3 is 2.69 bits per heavy atom. The quantitative estimate of drug-likeness (QED) is 0.256. The number of aromatic nitrogens is 2. The number of amides is 2. The number of furan rings is 1. The Hall–Kier alpha value is -4.17. The lowest BCUT2D eigenvalue weighted by Gasteiger charge is -2.12. The van der Waals surface area contributed by atoms with Crippen molar-refractivity contribution >= 4 is 44.9 Å². The number of hydrogen-bond donors (Lipinski definition) is 3. The van der Waals surface area contributed by atoms with Gasteiger partial charge in [0, 0.05) is 16.1 Å². The molecule has 8 heteroatoms. The van der Waals surface area contributed by atoms with Gasteiger partial charge in [0.05, 0.1) is 22.9 Å². The van der Waals surface area contributed by atoms with Gasteiger partial charge < -0.3 is 20.0 Å². The van der Waals surface area contributed by atoms with Crippen LogP contribution in [0.1, 0.15) is 49.8 Å². The number of thiophene rings is 1. The monoisotopic (exact) mass is 496 g/mol. The molecule has 3 heterocycles. The summed E-state index contributed by atoms with van der Waals surface area (Å²) in [4.78, 5) is 35.4. The Balaban J connectivity index is 1.32. The van der Waals surface area contributed by atoms with Gasteiger partial charge in [-0.2, -0.15) is 0 Å². The van der Waals surface area contributed by atoms with Crippen molar-refractivity contribution in [1.82, 2.24) is 9.97 Å². The van der Waals surface area contributed by atoms with E-state index in [-0.39, 0.29) is 17.6 Å². The fourth-order valence-corrected chi connectivity index (χ4v) is 5.93. The van der Waals surface area contributed by atoms with E-state index in [0.29, 0.717) is 11.3 Å². The summed E-state index contributed by atoms with van der Waals surface area (Å²) in [5.41, 5.74) is 5.99. The first kappa shape index (κ1) is 22.3. The SMILES string of the molecule is Cc1ccc(C(=O)Nc2sc3c(c2-c2nc4ccccc4[nH]2)CCCC3)cc1NC(=O)c1ccco1. The molecule has 2 amide bonds. The molecule has 0 unspecified atom stereocenters. The predicted molar refractivity (Wildman–Crippen MR) is 142 cm³/mol. The summed E-state index contributed by atoms with van der Waals surface area (Å²) in [5, 5.41) is 6.78. The van der Waals surface area contributed by atoms with Gasteiger partial charge >= 0.3 is 0 Å². The Morgan fingerprint density at radius 2 is 1.86 bits per heavy atom. The molecule has 3 aromatic heterocycles. The van der Waals surface area contributed by atoms with Crippen molar-refractivity contribution < 1.29 is 14.0 Å². The lowest BCUT2D eigenvalue weighted by molar-refractivity contribution is 0.0993. The molecule has 0 saturated carbocycles. The van der Waals surface area contributed by atoms with E-state index < -0.39 is 0 Å². The first-order valence-corrected chi connectivity index (χ1v) is 12.7. The Kier molecular flexibility index (Phi) is 5.65. The first-order valence-electron chi connectivity index (χ1n) is 11.9. The molecule has 0 spiro atoms. The van der Waals surface area contributed by atoms with Crippen molar-refractivity contribution in [1.29, 1.82) is 0 Å². The van der Waals surface area contributed by atoms with E-state index in [4.69, 9.17) is 9.40 Å². The van der Waals surface area contributed by atoms with Gasteiger partial charge in [0.2, 0.25) is 0 Å². The van der Waals surface area contributed by atoms with Crippen LogP contribution in [0.4, 0.5) is 10.7 Å². The van der Waals surface area contributed by atoms with Crippen LogP contribution in [-0.4, -0.2) is 21.8 Å². The largest absolute Gasteiger partial charge is 0.459 e. The Morgan fingerprint density at radius 1 is 1.00 bits per heavy atom. The zero-order valence-corrected chi connectivity index (χ0v) is 20.5. The highest BCUT2D eigenvalue weighted by molar-refractivity contribution is 7.17. The number of aromatic amines is 1. The molecule has 7 nitrogen and oxygen atoms in total. The molecule has 0 aliphatic heterocycles. The third-order valence-electron chi connectivity index (χ3n) is 6.52. The summed E-state index contributed by atoms with van der Waals surface area (Å²) in [7, 11) is 0. The average molecular weight is 497 g/mol. The van der Waals surface area contributed by atoms with Crippen molar-refractivity contribution in [2.75, 3.05) is 10.6 Å². The predicted octanol–water partition coefficient (Wildman–Crippen LogP) is 6.58. The zero-order chi connectivity index (χ0) is 24.6. The Labute approximate surface area is 211 Å². The number of anilines is 2. The number of fused-ring (bicyclic) bond motifs is 2. The van der Waals surface area contributed by atoms with Gasteiger partial charge in [-0.3, -0.25) is 9.59 Å². The smallest absolute Gasteiger partial charge is 0.291 e. The van der Waals surface area contributed by atoms with E-state index in [0.717, 1.165) is 58.7 Å². The van der Waals surface area contributed by atoms with Crippen LogP contribution >= 0.6 is 11.3 Å². The number of rotatable bonds is 5. The summed E-state index contributed by atoms with van der Waals surface area (Å²) in [5.74, 6) is 0.392. The molecule has 0 saturated heterocycles. The van der Waals surface area contributed by atoms with Crippen LogP contribution in [0.5, 0.6) is 0 Å². The number of carbonyl (C=O) groups is 2. The maximum absolute atomic E-state index is 13.4. The number of hydrogen-bond acceptors (Lipinski definition) is 5. The van der Waals surface area contributed by atoms with Crippen LogP contribution < -0.4 is 10.6 Å². The molecule has 1 aliphatic carbocycles. The second kappa shape index (κ2) is 9.13. The Bertz CT molecular complexity index is 1560. The fourth-order valence-electron chi connectivity index (χ4n) is 4.64. The van der Waals surface area contributed by atoms with Gasteiger partial charge in [-0.25, -0.2) is 4.98 Å². The van der Waals surface area contributed by atoms with Gasteiger partial charge in [-0.15, -0.1) is 11.3 Å². The molecular weight excluding hydrogens is 472 g/mol. The van der Waals surface area contributed by atoms with E-state index in [1.54, 1.807) is 35.6 Å². The topological polar surface area (TPSA) is 100 Å². The van der Waals surface area contributed by atoms with Crippen LogP contribution in [0.25, 0.3) is 22.4 Å². The molecule has 1 aliphatic rings. The molecule has 36 heavy (non-hydrogen) atoms. The van der Waals surface area contributed by atoms with E-state index in [2.05, 4.69) is 15.6 Å². The number of H-pyrrole nitrogens is 1. The average Bonchev–Trinajstić information content (AvgIpc) is 3.63. The van der Waals surface area contributed by atoms with E-state index in [9.17, 15) is 9.59 Å². The molecule has 0 atom stereocenters. The highest BCUT2D eigenvalue weighted by Crippen LogP contribution is 2.44. The van der Waals surface area contributed by atoms with Crippen molar-refractivity contribution in [2.24, 2.45) is 0 Å². The lowest BCUT2D eigenvalue weighted by atomic mass is 9.95. The van der Waals surface area contributed by atoms with Gasteiger partial charge in [0.1, 0.15) is 10.8 Å². The number of para-hydroxylation sites is 2. The summed E-state index contributed by atoms with van der Waals surface area (Å²) in [6, 6.07) is 16.5. The maximum Gasteiger partial charge on any atom is 0.291 e. The van der Waals surface area contributed by atoms with Crippen LogP contribution in [0, 0.1) is 6.92 Å². The van der Waals surface area contributed by atoms with Crippen molar-refractivity contribution in [3.8, 4) is 11.4 Å². The minimum Gasteiger partial charge on any atom is -0.459 e. The first-order chi connectivity index (χ1) is 17.6. The van der Waals surface area contributed by atoms with Gasteiger partial charge in [-0.05, 0) is 80.1 Å². The number of benzene rings is 2. The molecule has 6 rings (SSSR count). The second-order valence-electron chi connectivity index (χ2n) is 8.93. The summed E-state index contributed by atoms with van der Waals surface area (Å²) < 4.78 is 5.18. The number of imidazole rings is 1. The molecule has 0 bridgehead atoms. The van der Waals surface area contributed by atoms with Crippen LogP contribution in [0.3, 0.4) is 0 Å². The summed E-state index contributed by atoms with van der Waals surface area (Å²) in [6.45, 7) is 1.88. The summed E-state index contributed by atoms with van der Waals surface area (Å²) >= 11 is 1.63. The number of nitrogens with zero attached hydrogens (tertiary/aromatic N) is 1. The molecule has 0 radical (unpaired) electrons. The summed E-state index contributed by atoms with van der Waals surface area (Å²) in [6.07, 6.45) is 5.71. The normalized spacial score (nSPS) is 12.9. The number of nitrogens with one attached hydrogen (secondary N) is 3. The number of aryl methyl sites for hydroxylation is 2. The van der Waals surface area contributed by atoms with Gasteiger partial charge in [0.25, 0.3) is 11.8 Å². The van der Waals surface area contributed by atoms with E-state index >= 15 is 0 Å². The van der Waals surface area contributed by atoms with Crippen molar-refractivity contribution in [2.45, 2.75) is 32.6 Å². The van der Waals surface area contributed by atoms with Gasteiger partial charge in [0.15, 0.2) is 5.76 Å². The van der Waals surface area contributed by atoms with Crippen LogP contribution in [0.15, 0.2) is 65.3 Å². The molecule has 2 aromatic carbocycles. The minimum absolute atomic E-state index is 0.212. The lowest BCUT2D eigenvalue weighted by Crippen LogP contribution is -2.15. The van der Waals surface area contributed by atoms with Crippen molar-refractivity contribution in [3.05, 3.63) is 88.2 Å². The molecule has 3 N–H and O–H groups in total. The third kappa shape index (κ3) is 4.09. The minimum atomic E-state index is -0.362. The highest BCUT2D eigenvalue weighted by Gasteiger charge is 2.25. The van der Waals surface area contributed by atoms with Crippen LogP contribution in [-0.2, 0) is 12.8 Å².